The molecule has 1 aliphatic rings. The molecule has 0 spiro atoms. The summed E-state index contributed by atoms with van der Waals surface area (Å²) in [4.78, 5) is 15.9. The van der Waals surface area contributed by atoms with Crippen LogP contribution >= 0.6 is 0 Å². The van der Waals surface area contributed by atoms with E-state index in [0.29, 0.717) is 17.4 Å². The minimum absolute atomic E-state index is 0.128. The molecule has 1 atom stereocenters. The fraction of sp³-hybridized carbons (Fsp3) is 0.238. The maximum Gasteiger partial charge on any atom is 0.163 e. The van der Waals surface area contributed by atoms with Gasteiger partial charge in [-0.2, -0.15) is 5.10 Å². The lowest BCUT2D eigenvalue weighted by Gasteiger charge is -2.28. The highest BCUT2D eigenvalue weighted by molar-refractivity contribution is 5.88. The highest BCUT2D eigenvalue weighted by Crippen LogP contribution is 2.32. The smallest absolute Gasteiger partial charge is 0.163 e. The van der Waals surface area contributed by atoms with E-state index in [0.717, 1.165) is 40.6 Å². The summed E-state index contributed by atoms with van der Waals surface area (Å²) >= 11 is 0. The summed E-state index contributed by atoms with van der Waals surface area (Å²) in [6.45, 7) is 3.83. The predicted molar refractivity (Wildman–Crippen MR) is 111 cm³/mol. The van der Waals surface area contributed by atoms with Crippen molar-refractivity contribution in [3.05, 3.63) is 42.7 Å². The van der Waals surface area contributed by atoms with E-state index < -0.39 is 0 Å². The molecule has 1 N–H and O–H groups in total. The fourth-order valence-corrected chi connectivity index (χ4v) is 3.69. The number of hydrogen-bond donors (Lipinski definition) is 1. The number of benzene rings is 2. The first kappa shape index (κ1) is 16.7. The van der Waals surface area contributed by atoms with Crippen LogP contribution in [0.15, 0.2) is 47.7 Å². The lowest BCUT2D eigenvalue weighted by atomic mass is 10.1. The van der Waals surface area contributed by atoms with Crippen LogP contribution in [0.3, 0.4) is 0 Å². The van der Waals surface area contributed by atoms with Gasteiger partial charge in [0.1, 0.15) is 5.75 Å². The highest BCUT2D eigenvalue weighted by Gasteiger charge is 2.15. The number of anilines is 1. The number of fused-ring (bicyclic) bond motifs is 2. The summed E-state index contributed by atoms with van der Waals surface area (Å²) in [5.74, 6) is 0.631. The fourth-order valence-electron chi connectivity index (χ4n) is 3.69. The second kappa shape index (κ2) is 6.30. The summed E-state index contributed by atoms with van der Waals surface area (Å²) in [6, 6.07) is 10.0. The van der Waals surface area contributed by atoms with Gasteiger partial charge in [0, 0.05) is 54.7 Å². The Kier molecular flexibility index (Phi) is 3.75. The normalized spacial score (nSPS) is 16.9. The molecule has 1 aliphatic heterocycles. The van der Waals surface area contributed by atoms with Crippen molar-refractivity contribution in [1.29, 1.82) is 0 Å². The van der Waals surface area contributed by atoms with Crippen LogP contribution in [-0.4, -0.2) is 50.2 Å². The Morgan fingerprint density at radius 1 is 1.11 bits per heavy atom. The van der Waals surface area contributed by atoms with Crippen LogP contribution in [0.1, 0.15) is 6.92 Å². The van der Waals surface area contributed by atoms with Crippen molar-refractivity contribution in [2.24, 2.45) is 12.0 Å². The number of nitrogens with zero attached hydrogens (tertiary/aromatic N) is 6. The molecule has 0 saturated carbocycles. The van der Waals surface area contributed by atoms with Crippen molar-refractivity contribution in [3.63, 3.8) is 0 Å². The van der Waals surface area contributed by atoms with Crippen molar-refractivity contribution in [1.82, 2.24) is 19.7 Å². The Bertz CT molecular complexity index is 1230. The second-order valence-electron chi connectivity index (χ2n) is 7.25. The van der Waals surface area contributed by atoms with Crippen molar-refractivity contribution < 1.29 is 5.11 Å². The Labute approximate surface area is 162 Å². The number of aryl methyl sites for hydroxylation is 1. The van der Waals surface area contributed by atoms with Gasteiger partial charge in [0.15, 0.2) is 5.82 Å². The molecule has 2 aromatic heterocycles. The van der Waals surface area contributed by atoms with E-state index in [2.05, 4.69) is 44.0 Å². The lowest BCUT2D eigenvalue weighted by Crippen LogP contribution is -2.35. The molecular formula is C21H20N6O. The molecule has 3 heterocycles. The summed E-state index contributed by atoms with van der Waals surface area (Å²) in [6.07, 6.45) is 5.69. The Morgan fingerprint density at radius 3 is 2.86 bits per heavy atom. The maximum atomic E-state index is 10.4. The number of phenolic OH excluding ortho intramolecular Hbond substituents is 1. The van der Waals surface area contributed by atoms with Gasteiger partial charge in [-0.25, -0.2) is 9.97 Å². The SMILES string of the molecule is CC1CN(c2ccc3nc(-c4cc5cn(C)nc5cc4O)ncc3c2)CC=N1. The molecule has 1 unspecified atom stereocenters. The third-order valence-electron chi connectivity index (χ3n) is 5.05. The van der Waals surface area contributed by atoms with Crippen molar-refractivity contribution in [2.45, 2.75) is 13.0 Å². The lowest BCUT2D eigenvalue weighted by molar-refractivity contribution is 0.477. The van der Waals surface area contributed by atoms with E-state index in [1.165, 1.54) is 0 Å². The van der Waals surface area contributed by atoms with Crippen LogP contribution in [-0.2, 0) is 7.05 Å². The Hall–Kier alpha value is -3.48. The van der Waals surface area contributed by atoms with Crippen LogP contribution < -0.4 is 4.90 Å². The minimum atomic E-state index is 0.128. The van der Waals surface area contributed by atoms with Crippen molar-refractivity contribution in [3.8, 4) is 17.1 Å². The van der Waals surface area contributed by atoms with Gasteiger partial charge in [-0.15, -0.1) is 0 Å². The summed E-state index contributed by atoms with van der Waals surface area (Å²) in [5.41, 5.74) is 3.33. The number of aliphatic imine (C=N–C) groups is 1. The molecule has 28 heavy (non-hydrogen) atoms. The number of phenols is 1. The van der Waals surface area contributed by atoms with Crippen molar-refractivity contribution in [2.75, 3.05) is 18.0 Å². The summed E-state index contributed by atoms with van der Waals surface area (Å²) in [5, 5.41) is 16.7. The van der Waals surface area contributed by atoms with Crippen LogP contribution in [0.2, 0.25) is 0 Å². The first-order valence-electron chi connectivity index (χ1n) is 9.27. The van der Waals surface area contributed by atoms with Gasteiger partial charge in [0.05, 0.1) is 29.2 Å². The van der Waals surface area contributed by atoms with E-state index >= 15 is 0 Å². The molecule has 7 heteroatoms. The topological polar surface area (TPSA) is 79.4 Å². The van der Waals surface area contributed by atoms with Crippen LogP contribution in [0.25, 0.3) is 33.2 Å². The molecule has 5 rings (SSSR count). The van der Waals surface area contributed by atoms with E-state index in [-0.39, 0.29) is 5.75 Å². The van der Waals surface area contributed by atoms with Crippen molar-refractivity contribution >= 4 is 33.7 Å². The zero-order valence-electron chi connectivity index (χ0n) is 15.7. The van der Waals surface area contributed by atoms with Gasteiger partial charge >= 0.3 is 0 Å². The van der Waals surface area contributed by atoms with Gasteiger partial charge in [-0.05, 0) is 31.2 Å². The third-order valence-corrected chi connectivity index (χ3v) is 5.05. The molecule has 0 radical (unpaired) electrons. The quantitative estimate of drug-likeness (QED) is 0.585. The molecule has 0 saturated heterocycles. The van der Waals surface area contributed by atoms with Gasteiger partial charge in [-0.3, -0.25) is 9.67 Å². The van der Waals surface area contributed by atoms with E-state index in [1.54, 1.807) is 10.7 Å². The standard InChI is InChI=1S/C21H20N6O/c1-13-11-27(6-5-22-13)16-3-4-18-14(7-16)10-23-21(24-18)17-8-15-12-26(2)25-19(15)9-20(17)28/h3-5,7-10,12-13,28H,6,11H2,1-2H3. The molecule has 4 aromatic rings. The van der Waals surface area contributed by atoms with Gasteiger partial charge in [-0.1, -0.05) is 0 Å². The summed E-state index contributed by atoms with van der Waals surface area (Å²) in [7, 11) is 1.86. The molecule has 0 aliphatic carbocycles. The van der Waals surface area contributed by atoms with Gasteiger partial charge in [0.2, 0.25) is 0 Å². The molecule has 140 valence electrons. The number of aromatic nitrogens is 4. The molecule has 0 fully saturated rings. The molecule has 0 bridgehead atoms. The van der Waals surface area contributed by atoms with Gasteiger partial charge < -0.3 is 10.0 Å². The van der Waals surface area contributed by atoms with Crippen LogP contribution in [0.4, 0.5) is 5.69 Å². The largest absolute Gasteiger partial charge is 0.507 e. The second-order valence-corrected chi connectivity index (χ2v) is 7.25. The van der Waals surface area contributed by atoms with Crippen LogP contribution in [0, 0.1) is 0 Å². The highest BCUT2D eigenvalue weighted by atomic mass is 16.3. The zero-order chi connectivity index (χ0) is 19.3. The van der Waals surface area contributed by atoms with Crippen LogP contribution in [0.5, 0.6) is 5.75 Å². The van der Waals surface area contributed by atoms with E-state index in [4.69, 9.17) is 0 Å². The van der Waals surface area contributed by atoms with E-state index in [1.807, 2.05) is 37.8 Å². The minimum Gasteiger partial charge on any atom is -0.507 e. The number of rotatable bonds is 2. The van der Waals surface area contributed by atoms with E-state index in [9.17, 15) is 5.11 Å². The Balaban J connectivity index is 1.54. The molecule has 0 amide bonds. The summed E-state index contributed by atoms with van der Waals surface area (Å²) < 4.78 is 1.73. The zero-order valence-corrected chi connectivity index (χ0v) is 15.7. The predicted octanol–water partition coefficient (Wildman–Crippen LogP) is 3.17. The average molecular weight is 372 g/mol. The van der Waals surface area contributed by atoms with Gasteiger partial charge in [0.25, 0.3) is 0 Å². The average Bonchev–Trinajstić information content (AvgIpc) is 3.05. The third kappa shape index (κ3) is 2.85. The number of aromatic hydroxyl groups is 1. The molecule has 7 nitrogen and oxygen atoms in total. The first-order valence-corrected chi connectivity index (χ1v) is 9.27. The maximum absolute atomic E-state index is 10.4. The molecular weight excluding hydrogens is 352 g/mol. The first-order chi connectivity index (χ1) is 13.6. The number of hydrogen-bond acceptors (Lipinski definition) is 6. The Morgan fingerprint density at radius 2 is 2.00 bits per heavy atom. The monoisotopic (exact) mass is 372 g/mol. The molecule has 2 aromatic carbocycles.